The average molecular weight is 392 g/mol. The zero-order valence-corrected chi connectivity index (χ0v) is 16.0. The van der Waals surface area contributed by atoms with E-state index >= 15 is 0 Å². The maximum Gasteiger partial charge on any atom is 0.291 e. The van der Waals surface area contributed by atoms with Crippen molar-refractivity contribution < 1.29 is 15.2 Å². The summed E-state index contributed by atoms with van der Waals surface area (Å²) in [5.41, 5.74) is 2.58. The van der Waals surface area contributed by atoms with Crippen LogP contribution in [0.3, 0.4) is 0 Å². The van der Waals surface area contributed by atoms with Gasteiger partial charge >= 0.3 is 0 Å². The summed E-state index contributed by atoms with van der Waals surface area (Å²) in [5, 5.41) is 28.7. The number of non-ortho nitro benzene ring substituents is 1. The van der Waals surface area contributed by atoms with Crippen molar-refractivity contribution in [3.8, 4) is 0 Å². The van der Waals surface area contributed by atoms with Crippen LogP contribution in [-0.4, -0.2) is 15.2 Å². The summed E-state index contributed by atoms with van der Waals surface area (Å²) in [6.45, 7) is 4.09. The van der Waals surface area contributed by atoms with E-state index in [2.05, 4.69) is 49.4 Å². The van der Waals surface area contributed by atoms with Crippen LogP contribution >= 0.6 is 0 Å². The number of aryl methyl sites for hydroxylation is 2. The van der Waals surface area contributed by atoms with Gasteiger partial charge in [-0.15, -0.1) is 10.1 Å². The molecule has 0 bridgehead atoms. The van der Waals surface area contributed by atoms with Crippen molar-refractivity contribution in [1.29, 1.82) is 0 Å². The standard InChI is InChI=1S/C11H9NO2.C11H10.HNO3/c1-8-6-7-11(12(13)14)10-5-3-2-4-9(8)10;1-9-5-4-7-10-6-2-3-8-11(9)10;2-1(3)4/h2-7H,1H3;2-8H,1H3;(H,2,3,4). The van der Waals surface area contributed by atoms with Crippen LogP contribution in [-0.2, 0) is 0 Å². The van der Waals surface area contributed by atoms with Gasteiger partial charge in [0.1, 0.15) is 0 Å². The number of benzene rings is 4. The second kappa shape index (κ2) is 9.80. The van der Waals surface area contributed by atoms with Gasteiger partial charge < -0.3 is 5.21 Å². The Morgan fingerprint density at radius 2 is 1.14 bits per heavy atom. The summed E-state index contributed by atoms with van der Waals surface area (Å²) in [4.78, 5) is 18.7. The van der Waals surface area contributed by atoms with E-state index in [0.717, 1.165) is 10.9 Å². The molecular formula is C22H20N2O5. The number of rotatable bonds is 1. The zero-order chi connectivity index (χ0) is 21.4. The quantitative estimate of drug-likeness (QED) is 0.323. The van der Waals surface area contributed by atoms with Gasteiger partial charge in [0.05, 0.1) is 10.3 Å². The average Bonchev–Trinajstić information content (AvgIpc) is 2.69. The minimum absolute atomic E-state index is 0.172. The smallest absolute Gasteiger partial charge is 0.291 e. The molecule has 7 nitrogen and oxygen atoms in total. The number of nitro groups is 1. The molecule has 29 heavy (non-hydrogen) atoms. The van der Waals surface area contributed by atoms with E-state index in [-0.39, 0.29) is 10.6 Å². The van der Waals surface area contributed by atoms with Crippen LogP contribution in [0.5, 0.6) is 0 Å². The molecule has 4 aromatic carbocycles. The molecule has 0 saturated heterocycles. The molecule has 0 unspecified atom stereocenters. The van der Waals surface area contributed by atoms with Crippen molar-refractivity contribution >= 4 is 27.2 Å². The third-order valence-electron chi connectivity index (χ3n) is 4.32. The summed E-state index contributed by atoms with van der Waals surface area (Å²) in [7, 11) is 0. The first-order valence-corrected chi connectivity index (χ1v) is 8.71. The minimum atomic E-state index is -1.50. The van der Waals surface area contributed by atoms with Crippen molar-refractivity contribution in [3.05, 3.63) is 110 Å². The Morgan fingerprint density at radius 3 is 1.72 bits per heavy atom. The van der Waals surface area contributed by atoms with Crippen molar-refractivity contribution in [1.82, 2.24) is 0 Å². The van der Waals surface area contributed by atoms with E-state index < -0.39 is 5.09 Å². The fourth-order valence-corrected chi connectivity index (χ4v) is 2.98. The van der Waals surface area contributed by atoms with Crippen LogP contribution in [0.1, 0.15) is 11.1 Å². The lowest BCUT2D eigenvalue weighted by Gasteiger charge is -2.01. The molecule has 0 fully saturated rings. The molecule has 0 amide bonds. The van der Waals surface area contributed by atoms with Crippen molar-refractivity contribution in [2.24, 2.45) is 0 Å². The SMILES string of the molecule is Cc1ccc([N+](=O)[O-])c2ccccc12.Cc1cccc2ccccc12.O=[N+]([O-])O. The van der Waals surface area contributed by atoms with E-state index in [1.807, 2.05) is 25.1 Å². The van der Waals surface area contributed by atoms with Crippen LogP contribution in [0.15, 0.2) is 78.9 Å². The van der Waals surface area contributed by atoms with Crippen LogP contribution in [0.2, 0.25) is 0 Å². The Kier molecular flexibility index (Phi) is 7.20. The summed E-state index contributed by atoms with van der Waals surface area (Å²) >= 11 is 0. The third kappa shape index (κ3) is 5.74. The Morgan fingerprint density at radius 1 is 0.655 bits per heavy atom. The predicted molar refractivity (Wildman–Crippen MR) is 113 cm³/mol. The first kappa shape index (κ1) is 21.3. The number of hydrogen-bond acceptors (Lipinski definition) is 4. The molecule has 4 aromatic rings. The Balaban J connectivity index is 0.000000179. The molecule has 1 N–H and O–H groups in total. The van der Waals surface area contributed by atoms with Crippen LogP contribution in [0.4, 0.5) is 5.69 Å². The number of nitro benzene ring substituents is 1. The fourth-order valence-electron chi connectivity index (χ4n) is 2.98. The molecule has 0 spiro atoms. The molecule has 7 heteroatoms. The number of fused-ring (bicyclic) bond motifs is 2. The second-order valence-electron chi connectivity index (χ2n) is 6.24. The second-order valence-corrected chi connectivity index (χ2v) is 6.24. The normalized spacial score (nSPS) is 9.72. The van der Waals surface area contributed by atoms with E-state index in [1.54, 1.807) is 18.2 Å². The summed E-state index contributed by atoms with van der Waals surface area (Å²) in [6.07, 6.45) is 0. The van der Waals surface area contributed by atoms with Gasteiger partial charge in [0.15, 0.2) is 0 Å². The molecule has 0 aliphatic rings. The number of nitrogens with zero attached hydrogens (tertiary/aromatic N) is 2. The van der Waals surface area contributed by atoms with E-state index in [4.69, 9.17) is 15.3 Å². The van der Waals surface area contributed by atoms with Gasteiger partial charge in [-0.3, -0.25) is 10.1 Å². The third-order valence-corrected chi connectivity index (χ3v) is 4.32. The van der Waals surface area contributed by atoms with Gasteiger partial charge in [-0.1, -0.05) is 66.7 Å². The van der Waals surface area contributed by atoms with Gasteiger partial charge in [-0.05, 0) is 47.2 Å². The van der Waals surface area contributed by atoms with Crippen molar-refractivity contribution in [2.45, 2.75) is 13.8 Å². The molecule has 0 aliphatic carbocycles. The molecular weight excluding hydrogens is 372 g/mol. The molecule has 0 aliphatic heterocycles. The maximum absolute atomic E-state index is 10.7. The van der Waals surface area contributed by atoms with E-state index in [1.165, 1.54) is 16.3 Å². The zero-order valence-electron chi connectivity index (χ0n) is 16.0. The lowest BCUT2D eigenvalue weighted by atomic mass is 10.0. The van der Waals surface area contributed by atoms with Crippen molar-refractivity contribution in [2.75, 3.05) is 0 Å². The van der Waals surface area contributed by atoms with E-state index in [0.29, 0.717) is 5.39 Å². The van der Waals surface area contributed by atoms with Gasteiger partial charge in [0, 0.05) is 6.07 Å². The highest BCUT2D eigenvalue weighted by Crippen LogP contribution is 2.27. The first-order valence-electron chi connectivity index (χ1n) is 8.71. The molecule has 0 saturated carbocycles. The van der Waals surface area contributed by atoms with Gasteiger partial charge in [-0.25, -0.2) is 0 Å². The molecule has 0 atom stereocenters. The highest BCUT2D eigenvalue weighted by Gasteiger charge is 2.11. The lowest BCUT2D eigenvalue weighted by molar-refractivity contribution is -0.742. The largest absolute Gasteiger partial charge is 0.328 e. The Labute approximate surface area is 167 Å². The molecule has 0 radical (unpaired) electrons. The minimum Gasteiger partial charge on any atom is -0.328 e. The topological polar surface area (TPSA) is 107 Å². The number of hydrogen-bond donors (Lipinski definition) is 1. The highest BCUT2D eigenvalue weighted by molar-refractivity contribution is 5.93. The van der Waals surface area contributed by atoms with Crippen LogP contribution in [0, 0.1) is 34.1 Å². The predicted octanol–water partition coefficient (Wildman–Crippen LogP) is 5.86. The van der Waals surface area contributed by atoms with Crippen LogP contribution in [0.25, 0.3) is 21.5 Å². The maximum atomic E-state index is 10.7. The summed E-state index contributed by atoms with van der Waals surface area (Å²) in [6, 6.07) is 25.5. The monoisotopic (exact) mass is 392 g/mol. The van der Waals surface area contributed by atoms with E-state index in [9.17, 15) is 10.1 Å². The lowest BCUT2D eigenvalue weighted by Crippen LogP contribution is -1.90. The highest BCUT2D eigenvalue weighted by atomic mass is 16.9. The molecule has 148 valence electrons. The van der Waals surface area contributed by atoms with Gasteiger partial charge in [0.25, 0.3) is 10.8 Å². The fraction of sp³-hybridized carbons (Fsp3) is 0.0909. The Hall–Kier alpha value is -4.00. The van der Waals surface area contributed by atoms with Gasteiger partial charge in [-0.2, -0.15) is 0 Å². The van der Waals surface area contributed by atoms with Crippen LogP contribution < -0.4 is 0 Å². The molecule has 0 heterocycles. The van der Waals surface area contributed by atoms with Crippen molar-refractivity contribution in [3.63, 3.8) is 0 Å². The van der Waals surface area contributed by atoms with Gasteiger partial charge in [0.2, 0.25) is 0 Å². The first-order chi connectivity index (χ1) is 13.8. The summed E-state index contributed by atoms with van der Waals surface area (Å²) < 4.78 is 0. The summed E-state index contributed by atoms with van der Waals surface area (Å²) in [5.74, 6) is 0. The Bertz CT molecular complexity index is 1150. The molecule has 4 rings (SSSR count). The molecule has 0 aromatic heterocycles.